The van der Waals surface area contributed by atoms with E-state index in [0.717, 1.165) is 57.8 Å². The van der Waals surface area contributed by atoms with Gasteiger partial charge in [0.2, 0.25) is 0 Å². The summed E-state index contributed by atoms with van der Waals surface area (Å²) in [6, 6.07) is -0.633. The molecule has 0 saturated carbocycles. The van der Waals surface area contributed by atoms with E-state index in [4.69, 9.17) is 25.7 Å². The first-order valence-electron chi connectivity index (χ1n) is 15.0. The highest BCUT2D eigenvalue weighted by atomic mass is 16.6. The maximum absolute atomic E-state index is 12.2. The summed E-state index contributed by atoms with van der Waals surface area (Å²) in [7, 11) is 0. The number of esters is 3. The summed E-state index contributed by atoms with van der Waals surface area (Å²) < 4.78 is 15.9. The van der Waals surface area contributed by atoms with Crippen LogP contribution in [-0.4, -0.2) is 49.3 Å². The fraction of sp³-hybridized carbons (Fsp3) is 0.606. The van der Waals surface area contributed by atoms with Crippen LogP contribution in [0.15, 0.2) is 61.8 Å². The van der Waals surface area contributed by atoms with Crippen molar-refractivity contribution in [1.29, 1.82) is 0 Å². The molecule has 0 aliphatic rings. The van der Waals surface area contributed by atoms with Gasteiger partial charge in [0.15, 0.2) is 6.10 Å². The summed E-state index contributed by atoms with van der Waals surface area (Å²) in [5.41, 5.74) is 11.5. The monoisotopic (exact) mass is 574 g/mol. The van der Waals surface area contributed by atoms with Crippen molar-refractivity contribution in [2.45, 2.75) is 115 Å². The Morgan fingerprint density at radius 3 is 1.73 bits per heavy atom. The number of rotatable bonds is 26. The van der Waals surface area contributed by atoms with Crippen LogP contribution in [0.5, 0.6) is 0 Å². The van der Waals surface area contributed by atoms with Gasteiger partial charge < -0.3 is 25.7 Å². The standard InChI is InChI=1S/C33H54N2O6/c1-4-7-8-9-10-11-12-13-14-15-16-17-18-19-20-21-31(36)39-26-30(41-33(38)25-23-29(35)6-3)27-40-32(37)24-22-28(34)5-2/h5-8,10-11,13-14,28-30H,2-4,9,12,15-27,34-35H2,1H3/b8-7-,11-10-,14-13-. The minimum atomic E-state index is -0.898. The molecule has 8 nitrogen and oxygen atoms in total. The molecule has 8 heteroatoms. The largest absolute Gasteiger partial charge is 0.462 e. The quantitative estimate of drug-likeness (QED) is 0.0543. The van der Waals surface area contributed by atoms with Gasteiger partial charge in [0.05, 0.1) is 0 Å². The molecule has 3 atom stereocenters. The van der Waals surface area contributed by atoms with Crippen LogP contribution in [-0.2, 0) is 28.6 Å². The van der Waals surface area contributed by atoms with Crippen LogP contribution in [0.1, 0.15) is 96.8 Å². The van der Waals surface area contributed by atoms with Gasteiger partial charge in [-0.15, -0.1) is 13.2 Å². The first-order chi connectivity index (χ1) is 19.8. The Bertz CT molecular complexity index is 821. The van der Waals surface area contributed by atoms with E-state index in [1.165, 1.54) is 0 Å². The molecule has 0 heterocycles. The molecule has 4 N–H and O–H groups in total. The van der Waals surface area contributed by atoms with Crippen molar-refractivity contribution >= 4 is 17.9 Å². The zero-order valence-corrected chi connectivity index (χ0v) is 25.2. The Morgan fingerprint density at radius 2 is 1.15 bits per heavy atom. The van der Waals surface area contributed by atoms with Gasteiger partial charge in [-0.3, -0.25) is 14.4 Å². The molecule has 41 heavy (non-hydrogen) atoms. The van der Waals surface area contributed by atoms with Gasteiger partial charge in [-0.1, -0.05) is 74.8 Å². The van der Waals surface area contributed by atoms with Crippen molar-refractivity contribution in [3.63, 3.8) is 0 Å². The van der Waals surface area contributed by atoms with Crippen LogP contribution < -0.4 is 11.5 Å². The summed E-state index contributed by atoms with van der Waals surface area (Å²) in [6.07, 6.45) is 25.7. The number of carbonyl (C=O) groups is 3. The molecule has 0 saturated heterocycles. The molecule has 3 unspecified atom stereocenters. The second-order valence-corrected chi connectivity index (χ2v) is 9.95. The van der Waals surface area contributed by atoms with Gasteiger partial charge in [0.1, 0.15) is 13.2 Å². The number of hydrogen-bond donors (Lipinski definition) is 2. The maximum atomic E-state index is 12.2. The minimum absolute atomic E-state index is 0.0730. The summed E-state index contributed by atoms with van der Waals surface area (Å²) in [4.78, 5) is 36.5. The number of unbranched alkanes of at least 4 members (excludes halogenated alkanes) is 5. The molecular formula is C33H54N2O6. The Hall–Kier alpha value is -2.97. The van der Waals surface area contributed by atoms with Crippen molar-refractivity contribution < 1.29 is 28.6 Å². The highest BCUT2D eigenvalue weighted by Gasteiger charge is 2.20. The first-order valence-corrected chi connectivity index (χ1v) is 15.0. The smallest absolute Gasteiger partial charge is 0.306 e. The van der Waals surface area contributed by atoms with Gasteiger partial charge in [0.25, 0.3) is 0 Å². The third-order valence-corrected chi connectivity index (χ3v) is 6.16. The fourth-order valence-corrected chi connectivity index (χ4v) is 3.57. The number of nitrogens with two attached hydrogens (primary N) is 2. The summed E-state index contributed by atoms with van der Waals surface area (Å²) >= 11 is 0. The molecule has 0 amide bonds. The Kier molecular flexibility index (Phi) is 25.2. The molecule has 0 aromatic rings. The molecule has 0 aromatic heterocycles. The molecule has 0 bridgehead atoms. The minimum Gasteiger partial charge on any atom is -0.462 e. The number of hydrogen-bond acceptors (Lipinski definition) is 8. The summed E-state index contributed by atoms with van der Waals surface area (Å²) in [5.74, 6) is -1.37. The first kappa shape index (κ1) is 38.0. The van der Waals surface area contributed by atoms with E-state index in [1.54, 1.807) is 12.2 Å². The maximum Gasteiger partial charge on any atom is 0.306 e. The molecular weight excluding hydrogens is 520 g/mol. The van der Waals surface area contributed by atoms with Crippen molar-refractivity contribution in [1.82, 2.24) is 0 Å². The van der Waals surface area contributed by atoms with Crippen molar-refractivity contribution in [2.75, 3.05) is 13.2 Å². The second kappa shape index (κ2) is 27.2. The lowest BCUT2D eigenvalue weighted by Crippen LogP contribution is -2.31. The van der Waals surface area contributed by atoms with Crippen LogP contribution in [0.25, 0.3) is 0 Å². The van der Waals surface area contributed by atoms with Crippen molar-refractivity contribution in [2.24, 2.45) is 11.5 Å². The average Bonchev–Trinajstić information content (AvgIpc) is 2.97. The second-order valence-electron chi connectivity index (χ2n) is 9.95. The van der Waals surface area contributed by atoms with Gasteiger partial charge in [0, 0.05) is 31.3 Å². The predicted molar refractivity (Wildman–Crippen MR) is 166 cm³/mol. The van der Waals surface area contributed by atoms with E-state index in [9.17, 15) is 14.4 Å². The molecule has 0 rings (SSSR count). The number of ether oxygens (including phenoxy) is 3. The zero-order chi connectivity index (χ0) is 30.6. The zero-order valence-electron chi connectivity index (χ0n) is 25.2. The summed E-state index contributed by atoms with van der Waals surface area (Å²) in [5, 5.41) is 0. The SMILES string of the molecule is C=CC(N)CCC(=O)OCC(COC(=O)CCCCCCC/C=C\C/C=C\C/C=C\CC)OC(=O)CCC(N)C=C. The molecule has 0 aliphatic carbocycles. The van der Waals surface area contributed by atoms with E-state index in [2.05, 4.69) is 56.5 Å². The van der Waals surface area contributed by atoms with E-state index in [0.29, 0.717) is 12.8 Å². The highest BCUT2D eigenvalue weighted by Crippen LogP contribution is 2.10. The van der Waals surface area contributed by atoms with Crippen LogP contribution in [0.2, 0.25) is 0 Å². The molecule has 0 aromatic carbocycles. The van der Waals surface area contributed by atoms with Gasteiger partial charge >= 0.3 is 17.9 Å². The predicted octanol–water partition coefficient (Wildman–Crippen LogP) is 6.16. The molecule has 0 radical (unpaired) electrons. The fourth-order valence-electron chi connectivity index (χ4n) is 3.57. The lowest BCUT2D eigenvalue weighted by atomic mass is 10.1. The number of carbonyl (C=O) groups excluding carboxylic acids is 3. The molecule has 0 aliphatic heterocycles. The van der Waals surface area contributed by atoms with Crippen LogP contribution in [0.3, 0.4) is 0 Å². The van der Waals surface area contributed by atoms with E-state index in [1.807, 2.05) is 0 Å². The molecule has 0 fully saturated rings. The highest BCUT2D eigenvalue weighted by molar-refractivity contribution is 5.71. The lowest BCUT2D eigenvalue weighted by molar-refractivity contribution is -0.167. The van der Waals surface area contributed by atoms with Gasteiger partial charge in [-0.25, -0.2) is 0 Å². The van der Waals surface area contributed by atoms with Gasteiger partial charge in [-0.2, -0.15) is 0 Å². The molecule has 232 valence electrons. The average molecular weight is 575 g/mol. The third kappa shape index (κ3) is 25.7. The van der Waals surface area contributed by atoms with Crippen LogP contribution in [0.4, 0.5) is 0 Å². The van der Waals surface area contributed by atoms with Crippen molar-refractivity contribution in [3.8, 4) is 0 Å². The van der Waals surface area contributed by atoms with E-state index < -0.39 is 18.0 Å². The summed E-state index contributed by atoms with van der Waals surface area (Å²) in [6.45, 7) is 8.91. The topological polar surface area (TPSA) is 131 Å². The Balaban J connectivity index is 4.24. The molecule has 0 spiro atoms. The van der Waals surface area contributed by atoms with Crippen LogP contribution in [0, 0.1) is 0 Å². The van der Waals surface area contributed by atoms with Crippen LogP contribution >= 0.6 is 0 Å². The Morgan fingerprint density at radius 1 is 0.659 bits per heavy atom. The van der Waals surface area contributed by atoms with E-state index in [-0.39, 0.29) is 50.5 Å². The normalized spacial score (nSPS) is 13.7. The Labute approximate surface area is 247 Å². The van der Waals surface area contributed by atoms with Crippen molar-refractivity contribution in [3.05, 3.63) is 61.8 Å². The van der Waals surface area contributed by atoms with E-state index >= 15 is 0 Å². The number of allylic oxidation sites excluding steroid dienone is 6. The van der Waals surface area contributed by atoms with Gasteiger partial charge in [-0.05, 0) is 51.4 Å². The third-order valence-electron chi connectivity index (χ3n) is 6.16. The lowest BCUT2D eigenvalue weighted by Gasteiger charge is -2.18.